The molecule has 0 spiro atoms. The number of pyridine rings is 1. The van der Waals surface area contributed by atoms with Crippen LogP contribution in [0.25, 0.3) is 0 Å². The molecule has 1 saturated heterocycles. The number of amides is 1. The number of hydrazine groups is 1. The Hall–Kier alpha value is -2.31. The van der Waals surface area contributed by atoms with E-state index in [0.29, 0.717) is 13.1 Å². The molecule has 2 atom stereocenters. The molecule has 3 N–H and O–H groups in total. The predicted octanol–water partition coefficient (Wildman–Crippen LogP) is 1.30. The van der Waals surface area contributed by atoms with Gasteiger partial charge in [-0.3, -0.25) is 15.2 Å². The smallest absolute Gasteiger partial charge is 0.226 e. The summed E-state index contributed by atoms with van der Waals surface area (Å²) in [6, 6.07) is 11.6. The Bertz CT molecular complexity index is 650. The fourth-order valence-electron chi connectivity index (χ4n) is 2.57. The van der Waals surface area contributed by atoms with E-state index in [-0.39, 0.29) is 23.7 Å². The highest BCUT2D eigenvalue weighted by atomic mass is 19.1. The first-order valence-corrected chi connectivity index (χ1v) is 7.15. The van der Waals surface area contributed by atoms with Crippen molar-refractivity contribution in [1.82, 2.24) is 21.2 Å². The second-order valence-corrected chi connectivity index (χ2v) is 5.20. The number of hydrogen-bond donors (Lipinski definition) is 3. The number of benzene rings is 1. The zero-order chi connectivity index (χ0) is 15.4. The molecule has 3 rings (SSSR count). The van der Waals surface area contributed by atoms with Crippen LogP contribution in [0.15, 0.2) is 48.7 Å². The highest BCUT2D eigenvalue weighted by Crippen LogP contribution is 2.25. The number of halogens is 1. The first-order chi connectivity index (χ1) is 10.7. The number of nitrogens with one attached hydrogen (secondary N) is 3. The first kappa shape index (κ1) is 14.6. The minimum absolute atomic E-state index is 0.0857. The minimum atomic E-state index is -0.307. The lowest BCUT2D eigenvalue weighted by molar-refractivity contribution is -0.125. The van der Waals surface area contributed by atoms with E-state index in [1.165, 1.54) is 12.1 Å². The van der Waals surface area contributed by atoms with Crippen molar-refractivity contribution in [3.63, 3.8) is 0 Å². The average Bonchev–Trinajstić information content (AvgIpc) is 3.03. The van der Waals surface area contributed by atoms with Crippen LogP contribution in [0.1, 0.15) is 17.3 Å². The van der Waals surface area contributed by atoms with Crippen molar-refractivity contribution in [1.29, 1.82) is 0 Å². The summed E-state index contributed by atoms with van der Waals surface area (Å²) in [4.78, 5) is 16.5. The Labute approximate surface area is 127 Å². The lowest BCUT2D eigenvalue weighted by atomic mass is 9.94. The van der Waals surface area contributed by atoms with E-state index >= 15 is 0 Å². The van der Waals surface area contributed by atoms with Gasteiger partial charge in [-0.25, -0.2) is 9.82 Å². The Morgan fingerprint density at radius 1 is 1.32 bits per heavy atom. The van der Waals surface area contributed by atoms with Crippen LogP contribution in [0.3, 0.4) is 0 Å². The number of carbonyl (C=O) groups is 1. The largest absolute Gasteiger partial charge is 0.350 e. The lowest BCUT2D eigenvalue weighted by Gasteiger charge is -2.18. The van der Waals surface area contributed by atoms with Gasteiger partial charge in [-0.1, -0.05) is 18.2 Å². The van der Waals surface area contributed by atoms with E-state index in [1.54, 1.807) is 12.3 Å². The van der Waals surface area contributed by atoms with Crippen molar-refractivity contribution in [2.75, 3.05) is 6.54 Å². The van der Waals surface area contributed by atoms with Gasteiger partial charge in [0.2, 0.25) is 5.91 Å². The topological polar surface area (TPSA) is 66.0 Å². The summed E-state index contributed by atoms with van der Waals surface area (Å²) in [6.45, 7) is 0.876. The molecule has 2 unspecified atom stereocenters. The molecule has 1 aliphatic heterocycles. The van der Waals surface area contributed by atoms with Gasteiger partial charge in [0.25, 0.3) is 0 Å². The van der Waals surface area contributed by atoms with E-state index < -0.39 is 0 Å². The Balaban J connectivity index is 1.66. The molecule has 1 aromatic carbocycles. The van der Waals surface area contributed by atoms with Crippen molar-refractivity contribution in [3.8, 4) is 0 Å². The van der Waals surface area contributed by atoms with Gasteiger partial charge in [-0.15, -0.1) is 0 Å². The fraction of sp³-hybridized carbons (Fsp3) is 0.250. The summed E-state index contributed by atoms with van der Waals surface area (Å²) < 4.78 is 13.4. The molecule has 0 bridgehead atoms. The number of hydrogen-bond acceptors (Lipinski definition) is 4. The number of rotatable bonds is 4. The molecule has 5 nitrogen and oxygen atoms in total. The maximum atomic E-state index is 13.4. The van der Waals surface area contributed by atoms with Crippen molar-refractivity contribution < 1.29 is 9.18 Å². The van der Waals surface area contributed by atoms with E-state index in [1.807, 2.05) is 24.3 Å². The summed E-state index contributed by atoms with van der Waals surface area (Å²) in [7, 11) is 0. The first-order valence-electron chi connectivity index (χ1n) is 7.15. The van der Waals surface area contributed by atoms with Crippen LogP contribution in [0.2, 0.25) is 0 Å². The van der Waals surface area contributed by atoms with E-state index in [4.69, 9.17) is 0 Å². The molecule has 1 amide bonds. The SMILES string of the molecule is O=C(NCc1ccccn1)C1CNNC1c1cccc(F)c1. The Morgan fingerprint density at radius 3 is 3.00 bits per heavy atom. The highest BCUT2D eigenvalue weighted by Gasteiger charge is 2.33. The van der Waals surface area contributed by atoms with Crippen LogP contribution in [-0.2, 0) is 11.3 Å². The van der Waals surface area contributed by atoms with Gasteiger partial charge in [-0.2, -0.15) is 0 Å². The van der Waals surface area contributed by atoms with E-state index in [0.717, 1.165) is 11.3 Å². The van der Waals surface area contributed by atoms with Crippen molar-refractivity contribution in [3.05, 3.63) is 65.7 Å². The molecule has 0 aliphatic carbocycles. The number of carbonyl (C=O) groups excluding carboxylic acids is 1. The van der Waals surface area contributed by atoms with Crippen LogP contribution in [0, 0.1) is 11.7 Å². The lowest BCUT2D eigenvalue weighted by Crippen LogP contribution is -2.34. The third-order valence-electron chi connectivity index (χ3n) is 3.70. The van der Waals surface area contributed by atoms with Crippen LogP contribution in [-0.4, -0.2) is 17.4 Å². The Kier molecular flexibility index (Phi) is 4.41. The van der Waals surface area contributed by atoms with Gasteiger partial charge < -0.3 is 5.32 Å². The third-order valence-corrected chi connectivity index (χ3v) is 3.70. The second kappa shape index (κ2) is 6.64. The number of aromatic nitrogens is 1. The zero-order valence-electron chi connectivity index (χ0n) is 11.9. The molecule has 6 heteroatoms. The molecule has 0 saturated carbocycles. The average molecular weight is 300 g/mol. The summed E-state index contributed by atoms with van der Waals surface area (Å²) >= 11 is 0. The molecule has 2 aromatic rings. The van der Waals surface area contributed by atoms with Crippen molar-refractivity contribution in [2.24, 2.45) is 5.92 Å². The van der Waals surface area contributed by atoms with Crippen molar-refractivity contribution in [2.45, 2.75) is 12.6 Å². The summed E-state index contributed by atoms with van der Waals surface area (Å²) in [5.74, 6) is -0.693. The van der Waals surface area contributed by atoms with Crippen LogP contribution in [0.5, 0.6) is 0 Å². The van der Waals surface area contributed by atoms with Crippen molar-refractivity contribution >= 4 is 5.91 Å². The molecular formula is C16H17FN4O. The zero-order valence-corrected chi connectivity index (χ0v) is 11.9. The Morgan fingerprint density at radius 2 is 2.23 bits per heavy atom. The standard InChI is InChI=1S/C16H17FN4O/c17-12-5-3-4-11(8-12)15-14(10-20-21-15)16(22)19-9-13-6-1-2-7-18-13/h1-8,14-15,20-21H,9-10H2,(H,19,22). The predicted molar refractivity (Wildman–Crippen MR) is 79.9 cm³/mol. The van der Waals surface area contributed by atoms with E-state index in [9.17, 15) is 9.18 Å². The van der Waals surface area contributed by atoms with Gasteiger partial charge in [0, 0.05) is 12.7 Å². The van der Waals surface area contributed by atoms with E-state index in [2.05, 4.69) is 21.2 Å². The monoisotopic (exact) mass is 300 g/mol. The summed E-state index contributed by atoms with van der Waals surface area (Å²) in [6.07, 6.45) is 1.69. The highest BCUT2D eigenvalue weighted by molar-refractivity contribution is 5.80. The van der Waals surface area contributed by atoms with Crippen LogP contribution >= 0.6 is 0 Å². The quantitative estimate of drug-likeness (QED) is 0.796. The number of nitrogens with zero attached hydrogens (tertiary/aromatic N) is 1. The maximum absolute atomic E-state index is 13.4. The summed E-state index contributed by atoms with van der Waals surface area (Å²) in [5.41, 5.74) is 7.56. The van der Waals surface area contributed by atoms with Crippen LogP contribution < -0.4 is 16.2 Å². The molecule has 1 aliphatic rings. The molecular weight excluding hydrogens is 283 g/mol. The molecule has 2 heterocycles. The molecule has 114 valence electrons. The van der Waals surface area contributed by atoms with Gasteiger partial charge in [0.15, 0.2) is 0 Å². The van der Waals surface area contributed by atoms with Crippen LogP contribution in [0.4, 0.5) is 4.39 Å². The molecule has 0 radical (unpaired) electrons. The van der Waals surface area contributed by atoms with Gasteiger partial charge in [0.05, 0.1) is 24.2 Å². The third kappa shape index (κ3) is 3.29. The van der Waals surface area contributed by atoms with Gasteiger partial charge in [-0.05, 0) is 29.8 Å². The minimum Gasteiger partial charge on any atom is -0.350 e. The van der Waals surface area contributed by atoms with Gasteiger partial charge in [0.1, 0.15) is 5.82 Å². The fourth-order valence-corrected chi connectivity index (χ4v) is 2.57. The molecule has 1 aromatic heterocycles. The molecule has 1 fully saturated rings. The molecule has 22 heavy (non-hydrogen) atoms. The maximum Gasteiger partial charge on any atom is 0.226 e. The summed E-state index contributed by atoms with van der Waals surface area (Å²) in [5, 5.41) is 2.88. The normalized spacial score (nSPS) is 20.8. The second-order valence-electron chi connectivity index (χ2n) is 5.20. The van der Waals surface area contributed by atoms with Gasteiger partial charge >= 0.3 is 0 Å².